The maximum absolute atomic E-state index is 12.8. The van der Waals surface area contributed by atoms with Gasteiger partial charge in [0.05, 0.1) is 6.54 Å². The van der Waals surface area contributed by atoms with Gasteiger partial charge < -0.3 is 20.2 Å². The minimum absolute atomic E-state index is 0.00669. The molecule has 0 aromatic heterocycles. The van der Waals surface area contributed by atoms with Crippen molar-refractivity contribution in [3.8, 4) is 0 Å². The van der Waals surface area contributed by atoms with Crippen LogP contribution in [0.25, 0.3) is 0 Å². The largest absolute Gasteiger partial charge is 0.396 e. The lowest BCUT2D eigenvalue weighted by molar-refractivity contribution is -0.132. The number of hydrogen-bond donors (Lipinski definition) is 2. The third kappa shape index (κ3) is 5.01. The Labute approximate surface area is 161 Å². The molecule has 2 saturated heterocycles. The van der Waals surface area contributed by atoms with E-state index in [0.29, 0.717) is 18.2 Å². The van der Waals surface area contributed by atoms with Crippen LogP contribution in [0, 0.1) is 5.92 Å². The number of carbonyl (C=O) groups is 2. The Morgan fingerprint density at radius 2 is 2.04 bits per heavy atom. The van der Waals surface area contributed by atoms with Crippen molar-refractivity contribution in [2.45, 2.75) is 45.1 Å². The van der Waals surface area contributed by atoms with Gasteiger partial charge >= 0.3 is 0 Å². The highest BCUT2D eigenvalue weighted by molar-refractivity contribution is 5.95. The quantitative estimate of drug-likeness (QED) is 0.831. The molecule has 2 N–H and O–H groups in total. The van der Waals surface area contributed by atoms with Crippen LogP contribution in [0.15, 0.2) is 24.3 Å². The fourth-order valence-electron chi connectivity index (χ4n) is 4.09. The van der Waals surface area contributed by atoms with Crippen LogP contribution >= 0.6 is 0 Å². The fraction of sp³-hybridized carbons (Fsp3) is 0.619. The first-order valence-electron chi connectivity index (χ1n) is 10.1. The average Bonchev–Trinajstić information content (AvgIpc) is 2.72. The van der Waals surface area contributed by atoms with Crippen LogP contribution in [-0.4, -0.2) is 65.5 Å². The molecule has 148 valence electrons. The second-order valence-electron chi connectivity index (χ2n) is 7.81. The maximum Gasteiger partial charge on any atom is 0.253 e. The highest BCUT2D eigenvalue weighted by Crippen LogP contribution is 2.20. The predicted molar refractivity (Wildman–Crippen MR) is 106 cm³/mol. The minimum atomic E-state index is -0.00669. The lowest BCUT2D eigenvalue weighted by Crippen LogP contribution is -2.44. The number of piperidine rings is 2. The van der Waals surface area contributed by atoms with E-state index >= 15 is 0 Å². The Bertz CT molecular complexity index is 664. The second kappa shape index (κ2) is 9.22. The van der Waals surface area contributed by atoms with E-state index in [1.807, 2.05) is 34.1 Å². The standard InChI is InChI=1S/C21H31N3O3/c1-16-6-2-3-11-24(16)20(26)13-22-19-9-4-8-18(12-19)21(27)23-10-5-7-17(14-23)15-25/h4,8-9,12,16-17,22,25H,2-3,5-7,10-11,13-15H2,1H3. The summed E-state index contributed by atoms with van der Waals surface area (Å²) in [5.41, 5.74) is 1.41. The van der Waals surface area contributed by atoms with E-state index in [4.69, 9.17) is 0 Å². The molecule has 1 aromatic rings. The molecule has 0 spiro atoms. The summed E-state index contributed by atoms with van der Waals surface area (Å²) in [6, 6.07) is 7.66. The van der Waals surface area contributed by atoms with E-state index in [1.54, 1.807) is 0 Å². The van der Waals surface area contributed by atoms with E-state index in [9.17, 15) is 14.7 Å². The third-order valence-electron chi connectivity index (χ3n) is 5.74. The van der Waals surface area contributed by atoms with Gasteiger partial charge in [-0.25, -0.2) is 0 Å². The van der Waals surface area contributed by atoms with Gasteiger partial charge in [0, 0.05) is 43.5 Å². The summed E-state index contributed by atoms with van der Waals surface area (Å²) >= 11 is 0. The highest BCUT2D eigenvalue weighted by Gasteiger charge is 2.25. The Morgan fingerprint density at radius 1 is 1.19 bits per heavy atom. The summed E-state index contributed by atoms with van der Waals surface area (Å²) in [5, 5.41) is 12.5. The summed E-state index contributed by atoms with van der Waals surface area (Å²) in [5.74, 6) is 0.279. The molecule has 0 aliphatic carbocycles. The first-order chi connectivity index (χ1) is 13.1. The number of aliphatic hydroxyl groups excluding tert-OH is 1. The van der Waals surface area contributed by atoms with E-state index in [2.05, 4.69) is 12.2 Å². The monoisotopic (exact) mass is 373 g/mol. The first-order valence-corrected chi connectivity index (χ1v) is 10.1. The van der Waals surface area contributed by atoms with Gasteiger partial charge in [-0.15, -0.1) is 0 Å². The molecular formula is C21H31N3O3. The number of nitrogens with one attached hydrogen (secondary N) is 1. The van der Waals surface area contributed by atoms with Crippen molar-refractivity contribution in [3.05, 3.63) is 29.8 Å². The lowest BCUT2D eigenvalue weighted by Gasteiger charge is -2.33. The average molecular weight is 373 g/mol. The predicted octanol–water partition coefficient (Wildman–Crippen LogP) is 2.34. The van der Waals surface area contributed by atoms with Crippen LogP contribution in [0.5, 0.6) is 0 Å². The van der Waals surface area contributed by atoms with Crippen molar-refractivity contribution < 1.29 is 14.7 Å². The van der Waals surface area contributed by atoms with Gasteiger partial charge in [-0.3, -0.25) is 9.59 Å². The van der Waals surface area contributed by atoms with Crippen molar-refractivity contribution in [2.75, 3.05) is 38.1 Å². The smallest absolute Gasteiger partial charge is 0.253 e. The van der Waals surface area contributed by atoms with Crippen molar-refractivity contribution in [2.24, 2.45) is 5.92 Å². The van der Waals surface area contributed by atoms with Gasteiger partial charge in [0.15, 0.2) is 0 Å². The molecule has 1 aromatic carbocycles. The van der Waals surface area contributed by atoms with Gasteiger partial charge in [-0.05, 0) is 63.1 Å². The Kier molecular flexibility index (Phi) is 6.72. The number of nitrogens with zero attached hydrogens (tertiary/aromatic N) is 2. The number of benzene rings is 1. The molecule has 6 nitrogen and oxygen atoms in total. The van der Waals surface area contributed by atoms with Gasteiger partial charge in [0.25, 0.3) is 5.91 Å². The summed E-state index contributed by atoms with van der Waals surface area (Å²) in [4.78, 5) is 29.0. The Morgan fingerprint density at radius 3 is 2.81 bits per heavy atom. The number of anilines is 1. The van der Waals surface area contributed by atoms with Crippen molar-refractivity contribution in [1.29, 1.82) is 0 Å². The molecule has 3 rings (SSSR count). The first kappa shape index (κ1) is 19.7. The summed E-state index contributed by atoms with van der Waals surface area (Å²) < 4.78 is 0. The number of aliphatic hydroxyl groups is 1. The normalized spacial score (nSPS) is 23.2. The summed E-state index contributed by atoms with van der Waals surface area (Å²) in [6.07, 6.45) is 5.23. The van der Waals surface area contributed by atoms with Gasteiger partial charge in [-0.2, -0.15) is 0 Å². The molecule has 2 aliphatic heterocycles. The number of hydrogen-bond acceptors (Lipinski definition) is 4. The molecule has 2 fully saturated rings. The Balaban J connectivity index is 1.58. The zero-order valence-electron chi connectivity index (χ0n) is 16.2. The second-order valence-corrected chi connectivity index (χ2v) is 7.81. The minimum Gasteiger partial charge on any atom is -0.396 e. The zero-order chi connectivity index (χ0) is 19.2. The SMILES string of the molecule is CC1CCCCN1C(=O)CNc1cccc(C(=O)N2CCCC(CO)C2)c1. The van der Waals surface area contributed by atoms with Crippen molar-refractivity contribution in [3.63, 3.8) is 0 Å². The molecule has 2 atom stereocenters. The van der Waals surface area contributed by atoms with Crippen LogP contribution in [-0.2, 0) is 4.79 Å². The van der Waals surface area contributed by atoms with Gasteiger partial charge in [0.1, 0.15) is 0 Å². The number of rotatable bonds is 5. The van der Waals surface area contributed by atoms with Gasteiger partial charge in [-0.1, -0.05) is 6.07 Å². The molecule has 0 radical (unpaired) electrons. The molecule has 0 saturated carbocycles. The maximum atomic E-state index is 12.8. The van der Waals surface area contributed by atoms with Crippen LogP contribution in [0.1, 0.15) is 49.4 Å². The zero-order valence-corrected chi connectivity index (χ0v) is 16.2. The van der Waals surface area contributed by atoms with Crippen LogP contribution in [0.2, 0.25) is 0 Å². The van der Waals surface area contributed by atoms with Crippen molar-refractivity contribution in [1.82, 2.24) is 9.80 Å². The van der Waals surface area contributed by atoms with E-state index < -0.39 is 0 Å². The van der Waals surface area contributed by atoms with Crippen molar-refractivity contribution >= 4 is 17.5 Å². The molecule has 2 amide bonds. The molecule has 2 aliphatic rings. The summed E-state index contributed by atoms with van der Waals surface area (Å²) in [7, 11) is 0. The molecular weight excluding hydrogens is 342 g/mol. The topological polar surface area (TPSA) is 72.9 Å². The van der Waals surface area contributed by atoms with E-state index in [1.165, 1.54) is 6.42 Å². The van der Waals surface area contributed by atoms with Crippen LogP contribution in [0.3, 0.4) is 0 Å². The number of likely N-dealkylation sites (tertiary alicyclic amines) is 2. The van der Waals surface area contributed by atoms with Crippen LogP contribution in [0.4, 0.5) is 5.69 Å². The fourth-order valence-corrected chi connectivity index (χ4v) is 4.09. The Hall–Kier alpha value is -2.08. The number of amides is 2. The molecule has 2 unspecified atom stereocenters. The molecule has 2 heterocycles. The molecule has 6 heteroatoms. The summed E-state index contributed by atoms with van der Waals surface area (Å²) in [6.45, 7) is 4.66. The van der Waals surface area contributed by atoms with Gasteiger partial charge in [0.2, 0.25) is 5.91 Å². The third-order valence-corrected chi connectivity index (χ3v) is 5.74. The van der Waals surface area contributed by atoms with Crippen LogP contribution < -0.4 is 5.32 Å². The van der Waals surface area contributed by atoms with E-state index in [-0.39, 0.29) is 30.9 Å². The number of carbonyl (C=O) groups excluding carboxylic acids is 2. The van der Waals surface area contributed by atoms with E-state index in [0.717, 1.165) is 44.5 Å². The molecule has 27 heavy (non-hydrogen) atoms. The molecule has 0 bridgehead atoms. The lowest BCUT2D eigenvalue weighted by atomic mass is 9.98. The highest BCUT2D eigenvalue weighted by atomic mass is 16.3.